The Hall–Kier alpha value is -0.790. The number of hydrogen-bond donors (Lipinski definition) is 1. The standard InChI is InChI=1S/C22H42N2/c1-10-14-16-20(5,6)17-18(22(9,12-3)13-4)24-19(23-17)21(7,8)15-11-2/h10-16H2,1-9H3,(H,23,24). The van der Waals surface area contributed by atoms with Crippen LogP contribution in [0.2, 0.25) is 0 Å². The molecule has 0 unspecified atom stereocenters. The molecule has 2 heteroatoms. The molecule has 0 amide bonds. The molecule has 1 rings (SSSR count). The van der Waals surface area contributed by atoms with Crippen molar-refractivity contribution in [1.82, 2.24) is 9.97 Å². The Kier molecular flexibility index (Phi) is 7.14. The van der Waals surface area contributed by atoms with E-state index in [1.165, 1.54) is 49.3 Å². The molecule has 0 radical (unpaired) electrons. The van der Waals surface area contributed by atoms with Gasteiger partial charge in [-0.25, -0.2) is 4.98 Å². The van der Waals surface area contributed by atoms with Crippen LogP contribution in [0.5, 0.6) is 0 Å². The van der Waals surface area contributed by atoms with Crippen LogP contribution < -0.4 is 0 Å². The molecular weight excluding hydrogens is 292 g/mol. The van der Waals surface area contributed by atoms with Crippen LogP contribution in [0.25, 0.3) is 0 Å². The van der Waals surface area contributed by atoms with Crippen LogP contribution in [-0.4, -0.2) is 9.97 Å². The van der Waals surface area contributed by atoms with E-state index in [0.29, 0.717) is 0 Å². The second-order valence-electron chi connectivity index (χ2n) is 9.20. The third-order valence-electron chi connectivity index (χ3n) is 6.18. The van der Waals surface area contributed by atoms with E-state index >= 15 is 0 Å². The predicted octanol–water partition coefficient (Wildman–Crippen LogP) is 7.03. The van der Waals surface area contributed by atoms with Crippen LogP contribution in [0.15, 0.2) is 0 Å². The first-order valence-corrected chi connectivity index (χ1v) is 10.2. The fourth-order valence-corrected chi connectivity index (χ4v) is 3.70. The minimum atomic E-state index is 0.116. The summed E-state index contributed by atoms with van der Waals surface area (Å²) in [6.45, 7) is 21.0. The molecule has 24 heavy (non-hydrogen) atoms. The second kappa shape index (κ2) is 8.06. The van der Waals surface area contributed by atoms with Gasteiger partial charge in [-0.15, -0.1) is 0 Å². The highest BCUT2D eigenvalue weighted by atomic mass is 15.0. The molecule has 0 atom stereocenters. The summed E-state index contributed by atoms with van der Waals surface area (Å²) in [7, 11) is 0. The van der Waals surface area contributed by atoms with E-state index in [4.69, 9.17) is 4.98 Å². The minimum Gasteiger partial charge on any atom is -0.345 e. The van der Waals surface area contributed by atoms with Crippen LogP contribution in [0.3, 0.4) is 0 Å². The molecule has 1 aromatic rings. The van der Waals surface area contributed by atoms with E-state index < -0.39 is 0 Å². The average molecular weight is 335 g/mol. The molecule has 1 aromatic heterocycles. The van der Waals surface area contributed by atoms with Gasteiger partial charge in [0.25, 0.3) is 0 Å². The maximum absolute atomic E-state index is 5.23. The lowest BCUT2D eigenvalue weighted by Gasteiger charge is -2.32. The van der Waals surface area contributed by atoms with Gasteiger partial charge in [0.1, 0.15) is 5.82 Å². The van der Waals surface area contributed by atoms with Crippen molar-refractivity contribution in [3.05, 3.63) is 17.2 Å². The molecule has 140 valence electrons. The first kappa shape index (κ1) is 21.3. The van der Waals surface area contributed by atoms with Gasteiger partial charge in [0.05, 0.1) is 5.69 Å². The predicted molar refractivity (Wildman–Crippen MR) is 107 cm³/mol. The molecule has 1 N–H and O–H groups in total. The largest absolute Gasteiger partial charge is 0.345 e. The number of aromatic nitrogens is 2. The molecule has 0 bridgehead atoms. The summed E-state index contributed by atoms with van der Waals surface area (Å²) in [6, 6.07) is 0. The van der Waals surface area contributed by atoms with E-state index in [1.54, 1.807) is 0 Å². The number of hydrogen-bond acceptors (Lipinski definition) is 1. The van der Waals surface area contributed by atoms with Crippen molar-refractivity contribution in [2.24, 2.45) is 0 Å². The van der Waals surface area contributed by atoms with Gasteiger partial charge in [0.2, 0.25) is 0 Å². The topological polar surface area (TPSA) is 28.7 Å². The van der Waals surface area contributed by atoms with E-state index in [-0.39, 0.29) is 16.2 Å². The van der Waals surface area contributed by atoms with Crippen molar-refractivity contribution < 1.29 is 0 Å². The highest BCUT2D eigenvalue weighted by molar-refractivity contribution is 5.31. The van der Waals surface area contributed by atoms with E-state index in [0.717, 1.165) is 12.8 Å². The third kappa shape index (κ3) is 4.43. The monoisotopic (exact) mass is 334 g/mol. The second-order valence-corrected chi connectivity index (χ2v) is 9.20. The maximum atomic E-state index is 5.23. The van der Waals surface area contributed by atoms with Crippen molar-refractivity contribution >= 4 is 0 Å². The Morgan fingerprint density at radius 3 is 1.83 bits per heavy atom. The Morgan fingerprint density at radius 1 is 0.792 bits per heavy atom. The van der Waals surface area contributed by atoms with Crippen LogP contribution in [0, 0.1) is 0 Å². The lowest BCUT2D eigenvalue weighted by Crippen LogP contribution is -2.28. The molecule has 0 spiro atoms. The van der Waals surface area contributed by atoms with Gasteiger partial charge >= 0.3 is 0 Å². The molecule has 0 aromatic carbocycles. The molecule has 0 saturated heterocycles. The van der Waals surface area contributed by atoms with E-state index in [2.05, 4.69) is 67.3 Å². The van der Waals surface area contributed by atoms with E-state index in [1.807, 2.05) is 0 Å². The third-order valence-corrected chi connectivity index (χ3v) is 6.18. The summed E-state index contributed by atoms with van der Waals surface area (Å²) in [5.41, 5.74) is 3.15. The average Bonchev–Trinajstić information content (AvgIpc) is 3.00. The number of nitrogens with zero attached hydrogens (tertiary/aromatic N) is 1. The number of imidazole rings is 1. The first-order valence-electron chi connectivity index (χ1n) is 10.2. The Morgan fingerprint density at radius 2 is 1.38 bits per heavy atom. The van der Waals surface area contributed by atoms with Gasteiger partial charge in [-0.05, 0) is 25.7 Å². The number of rotatable bonds is 10. The van der Waals surface area contributed by atoms with Gasteiger partial charge in [0, 0.05) is 21.9 Å². The quantitative estimate of drug-likeness (QED) is 0.488. The fraction of sp³-hybridized carbons (Fsp3) is 0.864. The maximum Gasteiger partial charge on any atom is 0.112 e. The summed E-state index contributed by atoms with van der Waals surface area (Å²) >= 11 is 0. The fourth-order valence-electron chi connectivity index (χ4n) is 3.70. The van der Waals surface area contributed by atoms with Crippen LogP contribution in [-0.2, 0) is 16.2 Å². The van der Waals surface area contributed by atoms with Gasteiger partial charge in [-0.2, -0.15) is 0 Å². The molecule has 2 nitrogen and oxygen atoms in total. The summed E-state index contributed by atoms with van der Waals surface area (Å²) in [4.78, 5) is 9.05. The Balaban J connectivity index is 3.46. The molecule has 0 fully saturated rings. The van der Waals surface area contributed by atoms with Crippen molar-refractivity contribution in [2.45, 2.75) is 124 Å². The summed E-state index contributed by atoms with van der Waals surface area (Å²) < 4.78 is 0. The van der Waals surface area contributed by atoms with Gasteiger partial charge in [0.15, 0.2) is 0 Å². The van der Waals surface area contributed by atoms with Crippen LogP contribution >= 0.6 is 0 Å². The Labute approximate surface area is 151 Å². The smallest absolute Gasteiger partial charge is 0.112 e. The minimum absolute atomic E-state index is 0.116. The highest BCUT2D eigenvalue weighted by Crippen LogP contribution is 2.41. The normalized spacial score (nSPS) is 13.5. The molecule has 0 aliphatic rings. The molecule has 0 aliphatic carbocycles. The Bertz CT molecular complexity index is 504. The molecular formula is C22H42N2. The van der Waals surface area contributed by atoms with Crippen LogP contribution in [0.1, 0.15) is 124 Å². The zero-order valence-electron chi connectivity index (χ0n) is 17.9. The summed E-state index contributed by atoms with van der Waals surface area (Å²) in [6.07, 6.45) is 8.38. The number of nitrogens with one attached hydrogen (secondary N) is 1. The van der Waals surface area contributed by atoms with Gasteiger partial charge in [-0.1, -0.05) is 81.6 Å². The van der Waals surface area contributed by atoms with Crippen molar-refractivity contribution in [2.75, 3.05) is 0 Å². The van der Waals surface area contributed by atoms with Crippen molar-refractivity contribution in [3.63, 3.8) is 0 Å². The SMILES string of the molecule is CCCCC(C)(C)c1nc(C(C)(C)CCC)[nH]c1C(C)(CC)CC. The van der Waals surface area contributed by atoms with Crippen LogP contribution in [0.4, 0.5) is 0 Å². The zero-order valence-corrected chi connectivity index (χ0v) is 17.9. The number of H-pyrrole nitrogens is 1. The lowest BCUT2D eigenvalue weighted by molar-refractivity contribution is 0.391. The molecule has 0 saturated carbocycles. The van der Waals surface area contributed by atoms with Gasteiger partial charge < -0.3 is 4.98 Å². The van der Waals surface area contributed by atoms with Crippen molar-refractivity contribution in [1.29, 1.82) is 0 Å². The molecule has 0 aliphatic heterocycles. The van der Waals surface area contributed by atoms with Gasteiger partial charge in [-0.3, -0.25) is 0 Å². The van der Waals surface area contributed by atoms with E-state index in [9.17, 15) is 0 Å². The highest BCUT2D eigenvalue weighted by Gasteiger charge is 2.37. The number of unbranched alkanes of at least 4 members (excludes halogenated alkanes) is 1. The van der Waals surface area contributed by atoms with Crippen molar-refractivity contribution in [3.8, 4) is 0 Å². The summed E-state index contributed by atoms with van der Waals surface area (Å²) in [5, 5.41) is 0. The zero-order chi connectivity index (χ0) is 18.6. The first-order chi connectivity index (χ1) is 11.1. The lowest BCUT2D eigenvalue weighted by atomic mass is 9.74. The number of aromatic amines is 1. The summed E-state index contributed by atoms with van der Waals surface area (Å²) in [5.74, 6) is 1.19. The molecule has 1 heterocycles.